The average Bonchev–Trinajstić information content (AvgIpc) is 2.51. The smallest absolute Gasteiger partial charge is 0.304 e. The van der Waals surface area contributed by atoms with Gasteiger partial charge in [-0.25, -0.2) is 17.9 Å². The fraction of sp³-hybridized carbons (Fsp3) is 0.714. The monoisotopic (exact) mass is 346 g/mol. The van der Waals surface area contributed by atoms with E-state index in [9.17, 15) is 18.0 Å². The largest absolute Gasteiger partial charge is 0.330 e. The summed E-state index contributed by atoms with van der Waals surface area (Å²) in [6, 6.07) is 0. The number of rotatable bonds is 8. The molecular formula is C14H26N4O4S. The highest BCUT2D eigenvalue weighted by Gasteiger charge is 2.24. The molecule has 0 aliphatic heterocycles. The van der Waals surface area contributed by atoms with Gasteiger partial charge in [0.25, 0.3) is 5.56 Å². The molecule has 1 aromatic rings. The maximum atomic E-state index is 12.4. The second-order valence-corrected chi connectivity index (χ2v) is 7.10. The molecule has 1 rings (SSSR count). The third kappa shape index (κ3) is 4.30. The van der Waals surface area contributed by atoms with Crippen LogP contribution in [0.2, 0.25) is 0 Å². The van der Waals surface area contributed by atoms with Gasteiger partial charge in [0.2, 0.25) is 10.0 Å². The van der Waals surface area contributed by atoms with Crippen molar-refractivity contribution in [3.63, 3.8) is 0 Å². The van der Waals surface area contributed by atoms with Crippen LogP contribution in [-0.2, 0) is 24.1 Å². The Labute approximate surface area is 136 Å². The molecule has 0 aliphatic carbocycles. The molecule has 0 aromatic carbocycles. The fourth-order valence-electron chi connectivity index (χ4n) is 2.35. The lowest BCUT2D eigenvalue weighted by Crippen LogP contribution is -2.43. The van der Waals surface area contributed by atoms with E-state index in [4.69, 9.17) is 0 Å². The zero-order chi connectivity index (χ0) is 17.8. The summed E-state index contributed by atoms with van der Waals surface area (Å²) in [4.78, 5) is 25.8. The van der Waals surface area contributed by atoms with E-state index in [2.05, 4.69) is 9.62 Å². The molecule has 0 fully saturated rings. The quantitative estimate of drug-likeness (QED) is 0.635. The SMILES string of the molecule is CCN(CC)CCCNS(=O)(=O)c1c(C)n(C)c(=O)n(C)c1=O. The Kier molecular flexibility index (Phi) is 6.72. The summed E-state index contributed by atoms with van der Waals surface area (Å²) in [7, 11) is -1.25. The lowest BCUT2D eigenvalue weighted by atomic mass is 10.4. The minimum absolute atomic E-state index is 0.134. The second kappa shape index (κ2) is 7.89. The van der Waals surface area contributed by atoms with Crippen LogP contribution in [0.1, 0.15) is 26.0 Å². The predicted octanol–water partition coefficient (Wildman–Crippen LogP) is -0.597. The Morgan fingerprint density at radius 2 is 1.65 bits per heavy atom. The van der Waals surface area contributed by atoms with Crippen LogP contribution >= 0.6 is 0 Å². The first-order valence-electron chi connectivity index (χ1n) is 7.66. The van der Waals surface area contributed by atoms with Gasteiger partial charge in [-0.05, 0) is 33.0 Å². The van der Waals surface area contributed by atoms with Crippen molar-refractivity contribution in [2.75, 3.05) is 26.2 Å². The number of nitrogens with one attached hydrogen (secondary N) is 1. The Balaban J connectivity index is 2.99. The Bertz CT molecular complexity index is 760. The van der Waals surface area contributed by atoms with Crippen molar-refractivity contribution < 1.29 is 8.42 Å². The molecule has 0 aliphatic rings. The summed E-state index contributed by atoms with van der Waals surface area (Å²) in [5, 5.41) is 0. The van der Waals surface area contributed by atoms with Crippen molar-refractivity contribution in [3.05, 3.63) is 26.5 Å². The maximum Gasteiger partial charge on any atom is 0.330 e. The second-order valence-electron chi connectivity index (χ2n) is 5.40. The van der Waals surface area contributed by atoms with Crippen LogP contribution in [0.25, 0.3) is 0 Å². The Morgan fingerprint density at radius 1 is 1.09 bits per heavy atom. The molecule has 0 spiro atoms. The normalized spacial score (nSPS) is 12.1. The summed E-state index contributed by atoms with van der Waals surface area (Å²) in [6.07, 6.45) is 0.645. The van der Waals surface area contributed by atoms with Gasteiger partial charge in [0.15, 0.2) is 4.90 Å². The highest BCUT2D eigenvalue weighted by atomic mass is 32.2. The van der Waals surface area contributed by atoms with E-state index < -0.39 is 21.3 Å². The molecule has 0 saturated heterocycles. The molecule has 132 valence electrons. The molecule has 1 aromatic heterocycles. The highest BCUT2D eigenvalue weighted by Crippen LogP contribution is 2.07. The number of hydrogen-bond acceptors (Lipinski definition) is 5. The third-order valence-corrected chi connectivity index (χ3v) is 5.60. The van der Waals surface area contributed by atoms with Crippen molar-refractivity contribution in [1.82, 2.24) is 18.8 Å². The van der Waals surface area contributed by atoms with Gasteiger partial charge in [0, 0.05) is 26.3 Å². The first kappa shape index (κ1) is 19.6. The summed E-state index contributed by atoms with van der Waals surface area (Å²) >= 11 is 0. The molecular weight excluding hydrogens is 320 g/mol. The van der Waals surface area contributed by atoms with Crippen LogP contribution in [0, 0.1) is 6.92 Å². The standard InChI is InChI=1S/C14H26N4O4S/c1-6-18(7-2)10-8-9-15-23(21,22)12-11(3)16(4)14(20)17(5)13(12)19/h15H,6-10H2,1-5H3. The lowest BCUT2D eigenvalue weighted by Gasteiger charge is -2.18. The van der Waals surface area contributed by atoms with Crippen molar-refractivity contribution in [2.45, 2.75) is 32.1 Å². The van der Waals surface area contributed by atoms with Crippen molar-refractivity contribution in [3.8, 4) is 0 Å². The van der Waals surface area contributed by atoms with Crippen LogP contribution in [0.4, 0.5) is 0 Å². The highest BCUT2D eigenvalue weighted by molar-refractivity contribution is 7.89. The molecule has 0 radical (unpaired) electrons. The van der Waals surface area contributed by atoms with Gasteiger partial charge in [-0.1, -0.05) is 13.8 Å². The fourth-order valence-corrected chi connectivity index (χ4v) is 3.80. The maximum absolute atomic E-state index is 12.4. The van der Waals surface area contributed by atoms with Gasteiger partial charge in [0.05, 0.1) is 0 Å². The zero-order valence-corrected chi connectivity index (χ0v) is 15.2. The lowest BCUT2D eigenvalue weighted by molar-refractivity contribution is 0.300. The molecule has 9 heteroatoms. The van der Waals surface area contributed by atoms with Crippen molar-refractivity contribution in [1.29, 1.82) is 0 Å². The van der Waals surface area contributed by atoms with E-state index in [1.165, 1.54) is 21.0 Å². The van der Waals surface area contributed by atoms with Crippen LogP contribution in [0.3, 0.4) is 0 Å². The molecule has 0 bridgehead atoms. The minimum atomic E-state index is -3.96. The van der Waals surface area contributed by atoms with E-state index >= 15 is 0 Å². The zero-order valence-electron chi connectivity index (χ0n) is 14.4. The molecule has 1 heterocycles. The molecule has 0 atom stereocenters. The van der Waals surface area contributed by atoms with Crippen LogP contribution in [0.15, 0.2) is 14.5 Å². The number of sulfonamides is 1. The first-order valence-corrected chi connectivity index (χ1v) is 9.14. The van der Waals surface area contributed by atoms with Crippen molar-refractivity contribution >= 4 is 10.0 Å². The van der Waals surface area contributed by atoms with Gasteiger partial charge in [-0.2, -0.15) is 0 Å². The summed E-state index contributed by atoms with van der Waals surface area (Å²) in [5.74, 6) is 0. The average molecular weight is 346 g/mol. The van der Waals surface area contributed by atoms with Crippen LogP contribution in [0.5, 0.6) is 0 Å². The topological polar surface area (TPSA) is 93.4 Å². The molecule has 8 nitrogen and oxygen atoms in total. The number of hydrogen-bond donors (Lipinski definition) is 1. The molecule has 0 unspecified atom stereocenters. The predicted molar refractivity (Wildman–Crippen MR) is 89.3 cm³/mol. The molecule has 1 N–H and O–H groups in total. The third-order valence-electron chi connectivity index (χ3n) is 4.01. The molecule has 23 heavy (non-hydrogen) atoms. The first-order chi connectivity index (χ1) is 10.7. The van der Waals surface area contributed by atoms with E-state index in [-0.39, 0.29) is 17.1 Å². The van der Waals surface area contributed by atoms with Gasteiger partial charge >= 0.3 is 5.69 Å². The van der Waals surface area contributed by atoms with Gasteiger partial charge in [0.1, 0.15) is 0 Å². The Morgan fingerprint density at radius 3 is 2.17 bits per heavy atom. The summed E-state index contributed by atoms with van der Waals surface area (Å²) in [5.41, 5.74) is -1.22. The summed E-state index contributed by atoms with van der Waals surface area (Å²) < 4.78 is 29.3. The van der Waals surface area contributed by atoms with E-state index in [1.807, 2.05) is 13.8 Å². The van der Waals surface area contributed by atoms with Crippen LogP contribution in [-0.4, -0.2) is 48.6 Å². The Hall–Kier alpha value is -1.45. The number of aromatic nitrogens is 2. The van der Waals surface area contributed by atoms with Gasteiger partial charge in [-0.3, -0.25) is 13.9 Å². The molecule has 0 saturated carbocycles. The van der Waals surface area contributed by atoms with Gasteiger partial charge in [-0.15, -0.1) is 0 Å². The van der Waals surface area contributed by atoms with E-state index in [0.29, 0.717) is 6.42 Å². The molecule has 0 amide bonds. The van der Waals surface area contributed by atoms with Crippen molar-refractivity contribution in [2.24, 2.45) is 14.1 Å². The van der Waals surface area contributed by atoms with Crippen LogP contribution < -0.4 is 16.0 Å². The van der Waals surface area contributed by atoms with E-state index in [0.717, 1.165) is 28.8 Å². The van der Waals surface area contributed by atoms with E-state index in [1.54, 1.807) is 0 Å². The van der Waals surface area contributed by atoms with Gasteiger partial charge < -0.3 is 4.90 Å². The minimum Gasteiger partial charge on any atom is -0.304 e. The number of nitrogens with zero attached hydrogens (tertiary/aromatic N) is 3. The summed E-state index contributed by atoms with van der Waals surface area (Å²) in [6.45, 7) is 8.38.